The van der Waals surface area contributed by atoms with Gasteiger partial charge in [-0.1, -0.05) is 18.2 Å². The maximum absolute atomic E-state index is 13.0. The summed E-state index contributed by atoms with van der Waals surface area (Å²) in [6, 6.07) is 13.0. The second-order valence-corrected chi connectivity index (χ2v) is 7.51. The van der Waals surface area contributed by atoms with Crippen molar-refractivity contribution >= 4 is 11.8 Å². The van der Waals surface area contributed by atoms with E-state index in [-0.39, 0.29) is 19.0 Å². The number of ether oxygens (including phenoxy) is 2. The van der Waals surface area contributed by atoms with E-state index in [1.54, 1.807) is 0 Å². The summed E-state index contributed by atoms with van der Waals surface area (Å²) in [4.78, 5) is 25.8. The lowest BCUT2D eigenvalue weighted by Crippen LogP contribution is -2.34. The van der Waals surface area contributed by atoms with Crippen LogP contribution in [0.15, 0.2) is 69.4 Å². The monoisotopic (exact) mass is 407 g/mol. The third kappa shape index (κ3) is 4.03. The van der Waals surface area contributed by atoms with Crippen molar-refractivity contribution in [2.45, 2.75) is 39.0 Å². The highest BCUT2D eigenvalue weighted by atomic mass is 16.6. The summed E-state index contributed by atoms with van der Waals surface area (Å²) in [7, 11) is 0. The average molecular weight is 407 g/mol. The van der Waals surface area contributed by atoms with Crippen LogP contribution in [0.3, 0.4) is 0 Å². The number of furan rings is 1. The number of esters is 1. The topological polar surface area (TPSA) is 77.8 Å². The molecule has 30 heavy (non-hydrogen) atoms. The number of dihydropyridines is 1. The van der Waals surface area contributed by atoms with Gasteiger partial charge in [0.05, 0.1) is 11.5 Å². The van der Waals surface area contributed by atoms with Gasteiger partial charge in [0, 0.05) is 23.4 Å². The van der Waals surface area contributed by atoms with Crippen LogP contribution in [0.25, 0.3) is 0 Å². The van der Waals surface area contributed by atoms with Crippen molar-refractivity contribution in [3.8, 4) is 5.75 Å². The largest absolute Gasteiger partial charge is 0.490 e. The smallest absolute Gasteiger partial charge is 0.336 e. The van der Waals surface area contributed by atoms with Gasteiger partial charge in [0.1, 0.15) is 30.5 Å². The highest BCUT2D eigenvalue weighted by Crippen LogP contribution is 2.42. The van der Waals surface area contributed by atoms with Crippen LogP contribution in [0.2, 0.25) is 0 Å². The van der Waals surface area contributed by atoms with Crippen molar-refractivity contribution in [2.24, 2.45) is 0 Å². The number of Topliss-reactive ketones (excluding diaryl/α,β-unsaturated/α-hetero) is 1. The number of carbonyl (C=O) groups is 2. The molecule has 0 unspecified atom stereocenters. The van der Waals surface area contributed by atoms with Crippen molar-refractivity contribution in [1.82, 2.24) is 5.32 Å². The van der Waals surface area contributed by atoms with Gasteiger partial charge in [-0.15, -0.1) is 0 Å². The molecule has 2 heterocycles. The van der Waals surface area contributed by atoms with E-state index in [4.69, 9.17) is 13.9 Å². The predicted molar refractivity (Wildman–Crippen MR) is 111 cm³/mol. The normalized spacial score (nSPS) is 18.7. The lowest BCUT2D eigenvalue weighted by molar-refractivity contribution is -0.140. The number of carbonyl (C=O) groups excluding carboxylic acids is 2. The minimum Gasteiger partial charge on any atom is -0.490 e. The zero-order valence-electron chi connectivity index (χ0n) is 17.2. The quantitative estimate of drug-likeness (QED) is 0.572. The first-order chi connectivity index (χ1) is 14.5. The molecule has 0 amide bonds. The van der Waals surface area contributed by atoms with Gasteiger partial charge in [0.25, 0.3) is 0 Å². The van der Waals surface area contributed by atoms with Crippen LogP contribution in [-0.2, 0) is 14.3 Å². The molecule has 1 aromatic heterocycles. The van der Waals surface area contributed by atoms with Gasteiger partial charge in [-0.25, -0.2) is 4.79 Å². The molecule has 1 atom stereocenters. The Morgan fingerprint density at radius 2 is 1.90 bits per heavy atom. The predicted octanol–water partition coefficient (Wildman–Crippen LogP) is 4.18. The summed E-state index contributed by atoms with van der Waals surface area (Å²) in [5.41, 5.74) is 2.61. The molecule has 2 aliphatic rings. The van der Waals surface area contributed by atoms with Crippen LogP contribution in [0, 0.1) is 6.92 Å². The number of nitrogens with one attached hydrogen (secondary N) is 1. The first kappa shape index (κ1) is 20.0. The Morgan fingerprint density at radius 3 is 2.63 bits per heavy atom. The van der Waals surface area contributed by atoms with Gasteiger partial charge in [-0.2, -0.15) is 0 Å². The van der Waals surface area contributed by atoms with Crippen molar-refractivity contribution in [3.05, 3.63) is 76.5 Å². The first-order valence-electron chi connectivity index (χ1n) is 10.2. The molecule has 2 aromatic rings. The van der Waals surface area contributed by atoms with Crippen LogP contribution in [0.4, 0.5) is 0 Å². The lowest BCUT2D eigenvalue weighted by atomic mass is 9.77. The summed E-state index contributed by atoms with van der Waals surface area (Å²) < 4.78 is 17.0. The SMILES string of the molecule is CC1=C(C(=O)OCCOc2ccccc2)[C@H](c2ccc(C)o2)C2=C(CCCC2=O)N1. The molecular weight excluding hydrogens is 382 g/mol. The number of para-hydroxylation sites is 1. The lowest BCUT2D eigenvalue weighted by Gasteiger charge is -2.32. The van der Waals surface area contributed by atoms with Crippen molar-refractivity contribution in [2.75, 3.05) is 13.2 Å². The third-order valence-electron chi connectivity index (χ3n) is 5.37. The number of hydrogen-bond acceptors (Lipinski definition) is 6. The summed E-state index contributed by atoms with van der Waals surface area (Å²) in [6.07, 6.45) is 2.06. The second kappa shape index (κ2) is 8.61. The zero-order chi connectivity index (χ0) is 21.1. The maximum Gasteiger partial charge on any atom is 0.336 e. The minimum absolute atomic E-state index is 0.0491. The molecule has 0 radical (unpaired) electrons. The van der Waals surface area contributed by atoms with Crippen molar-refractivity contribution in [3.63, 3.8) is 0 Å². The Hall–Kier alpha value is -3.28. The number of benzene rings is 1. The number of aryl methyl sites for hydroxylation is 1. The fourth-order valence-electron chi connectivity index (χ4n) is 4.04. The molecule has 1 aromatic carbocycles. The highest BCUT2D eigenvalue weighted by Gasteiger charge is 2.40. The van der Waals surface area contributed by atoms with Crippen molar-refractivity contribution in [1.29, 1.82) is 0 Å². The van der Waals surface area contributed by atoms with Crippen LogP contribution in [-0.4, -0.2) is 25.0 Å². The van der Waals surface area contributed by atoms with Crippen LogP contribution >= 0.6 is 0 Å². The van der Waals surface area contributed by atoms with Gasteiger partial charge in [-0.3, -0.25) is 4.79 Å². The molecule has 6 heteroatoms. The molecule has 156 valence electrons. The van der Waals surface area contributed by atoms with E-state index >= 15 is 0 Å². The summed E-state index contributed by atoms with van der Waals surface area (Å²) in [6.45, 7) is 4.03. The van der Waals surface area contributed by atoms with E-state index in [9.17, 15) is 9.59 Å². The second-order valence-electron chi connectivity index (χ2n) is 7.51. The Balaban J connectivity index is 1.54. The van der Waals surface area contributed by atoms with Crippen LogP contribution in [0.5, 0.6) is 5.75 Å². The molecule has 6 nitrogen and oxygen atoms in total. The van der Waals surface area contributed by atoms with Crippen LogP contribution < -0.4 is 10.1 Å². The number of ketones is 1. The fraction of sp³-hybridized carbons (Fsp3) is 0.333. The Kier molecular flexibility index (Phi) is 5.74. The van der Waals surface area contributed by atoms with E-state index in [1.807, 2.05) is 56.3 Å². The molecular formula is C24H25NO5. The van der Waals surface area contributed by atoms with Gasteiger partial charge in [0.15, 0.2) is 5.78 Å². The highest BCUT2D eigenvalue weighted by molar-refractivity contribution is 6.03. The van der Waals surface area contributed by atoms with Gasteiger partial charge < -0.3 is 19.2 Å². The molecule has 0 fully saturated rings. The number of allylic oxidation sites excluding steroid dienone is 3. The van der Waals surface area contributed by atoms with Gasteiger partial charge in [-0.05, 0) is 51.0 Å². The number of hydrogen-bond donors (Lipinski definition) is 1. The molecule has 0 spiro atoms. The maximum atomic E-state index is 13.0. The summed E-state index contributed by atoms with van der Waals surface area (Å²) in [5, 5.41) is 3.27. The molecule has 1 N–H and O–H groups in total. The van der Waals surface area contributed by atoms with E-state index in [2.05, 4.69) is 5.32 Å². The summed E-state index contributed by atoms with van der Waals surface area (Å²) >= 11 is 0. The van der Waals surface area contributed by atoms with Crippen LogP contribution in [0.1, 0.15) is 43.6 Å². The first-order valence-corrected chi connectivity index (χ1v) is 10.2. The fourth-order valence-corrected chi connectivity index (χ4v) is 4.04. The molecule has 1 aliphatic heterocycles. The third-order valence-corrected chi connectivity index (χ3v) is 5.37. The molecule has 0 saturated carbocycles. The Labute approximate surface area is 175 Å². The van der Waals surface area contributed by atoms with E-state index < -0.39 is 11.9 Å². The molecule has 0 saturated heterocycles. The van der Waals surface area contributed by atoms with E-state index in [0.717, 1.165) is 30.0 Å². The molecule has 1 aliphatic carbocycles. The van der Waals surface area contributed by atoms with Crippen molar-refractivity contribution < 1.29 is 23.5 Å². The minimum atomic E-state index is -0.551. The Morgan fingerprint density at radius 1 is 1.10 bits per heavy atom. The van der Waals surface area contributed by atoms with Gasteiger partial charge >= 0.3 is 5.97 Å². The van der Waals surface area contributed by atoms with E-state index in [0.29, 0.717) is 29.0 Å². The van der Waals surface area contributed by atoms with E-state index in [1.165, 1.54) is 0 Å². The summed E-state index contributed by atoms with van der Waals surface area (Å²) in [5.74, 6) is 1.06. The standard InChI is InChI=1S/C24H25NO5/c1-15-11-12-20(30-15)23-21(16(2)25-18-9-6-10-19(26)22(18)23)24(27)29-14-13-28-17-7-4-3-5-8-17/h3-5,7-8,11-12,23,25H,6,9-10,13-14H2,1-2H3/t23-/m0/s1. The molecule has 0 bridgehead atoms. The number of rotatable bonds is 6. The van der Waals surface area contributed by atoms with Gasteiger partial charge in [0.2, 0.25) is 0 Å². The zero-order valence-corrected chi connectivity index (χ0v) is 17.2. The average Bonchev–Trinajstić information content (AvgIpc) is 3.17. The Bertz CT molecular complexity index is 1020. The molecule has 4 rings (SSSR count).